The molecule has 0 bridgehead atoms. The van der Waals surface area contributed by atoms with E-state index < -0.39 is 0 Å². The standard InChI is InChI=1S/C25H33N3OS/c29-25(26-13-8-16-27-14-6-1-2-7-15-27)22-11-12-24-23(19-22)28(17-18-30-24)20-21-9-4-3-5-10-21/h3-5,9-12,19H,1-2,6-8,13-18,20H2,(H,26,29). The second-order valence-electron chi connectivity index (χ2n) is 8.30. The quantitative estimate of drug-likeness (QED) is 0.649. The Hall–Kier alpha value is -1.98. The van der Waals surface area contributed by atoms with Crippen LogP contribution < -0.4 is 10.2 Å². The third-order valence-electron chi connectivity index (χ3n) is 6.03. The van der Waals surface area contributed by atoms with Crippen LogP contribution in [0.2, 0.25) is 0 Å². The number of nitrogens with one attached hydrogen (secondary N) is 1. The maximum Gasteiger partial charge on any atom is 0.251 e. The van der Waals surface area contributed by atoms with Gasteiger partial charge in [0.1, 0.15) is 0 Å². The lowest BCUT2D eigenvalue weighted by Gasteiger charge is -2.31. The molecule has 1 fully saturated rings. The van der Waals surface area contributed by atoms with E-state index in [2.05, 4.69) is 57.6 Å². The molecule has 0 radical (unpaired) electrons. The van der Waals surface area contributed by atoms with Crippen molar-refractivity contribution in [2.45, 2.75) is 43.5 Å². The fourth-order valence-electron chi connectivity index (χ4n) is 4.35. The Morgan fingerprint density at radius 3 is 2.57 bits per heavy atom. The molecule has 0 unspecified atom stereocenters. The fourth-order valence-corrected chi connectivity index (χ4v) is 5.38. The van der Waals surface area contributed by atoms with Crippen molar-refractivity contribution in [2.75, 3.05) is 43.4 Å². The van der Waals surface area contributed by atoms with Crippen molar-refractivity contribution >= 4 is 23.4 Å². The van der Waals surface area contributed by atoms with E-state index in [0.717, 1.165) is 43.9 Å². The van der Waals surface area contributed by atoms with E-state index in [1.165, 1.54) is 54.9 Å². The normalized spacial score (nSPS) is 17.3. The minimum Gasteiger partial charge on any atom is -0.365 e. The Kier molecular flexibility index (Phi) is 7.70. The molecule has 0 spiro atoms. The molecule has 1 amide bonds. The van der Waals surface area contributed by atoms with Gasteiger partial charge in [-0.05, 0) is 62.7 Å². The van der Waals surface area contributed by atoms with Crippen LogP contribution in [-0.2, 0) is 6.54 Å². The molecule has 2 aromatic rings. The molecule has 0 atom stereocenters. The van der Waals surface area contributed by atoms with Gasteiger partial charge in [0.15, 0.2) is 0 Å². The van der Waals surface area contributed by atoms with Crippen molar-refractivity contribution in [3.63, 3.8) is 0 Å². The monoisotopic (exact) mass is 423 g/mol. The first-order valence-corrected chi connectivity index (χ1v) is 12.3. The number of thioether (sulfide) groups is 1. The van der Waals surface area contributed by atoms with Crippen molar-refractivity contribution in [3.05, 3.63) is 59.7 Å². The van der Waals surface area contributed by atoms with Gasteiger partial charge in [-0.15, -0.1) is 11.8 Å². The van der Waals surface area contributed by atoms with Gasteiger partial charge in [-0.2, -0.15) is 0 Å². The summed E-state index contributed by atoms with van der Waals surface area (Å²) in [5.41, 5.74) is 3.26. The lowest BCUT2D eigenvalue weighted by atomic mass is 10.1. The minimum absolute atomic E-state index is 0.0453. The molecule has 0 aliphatic carbocycles. The first kappa shape index (κ1) is 21.3. The lowest BCUT2D eigenvalue weighted by Crippen LogP contribution is -2.31. The van der Waals surface area contributed by atoms with E-state index in [1.807, 2.05) is 17.8 Å². The van der Waals surface area contributed by atoms with Gasteiger partial charge in [0.25, 0.3) is 5.91 Å². The van der Waals surface area contributed by atoms with Crippen LogP contribution in [-0.4, -0.2) is 49.3 Å². The third kappa shape index (κ3) is 5.79. The van der Waals surface area contributed by atoms with Crippen LogP contribution in [0.4, 0.5) is 5.69 Å². The van der Waals surface area contributed by atoms with Gasteiger partial charge in [-0.1, -0.05) is 43.2 Å². The summed E-state index contributed by atoms with van der Waals surface area (Å²) in [6.45, 7) is 6.16. The van der Waals surface area contributed by atoms with Crippen LogP contribution in [0, 0.1) is 0 Å². The fraction of sp³-hybridized carbons (Fsp3) is 0.480. The largest absolute Gasteiger partial charge is 0.365 e. The van der Waals surface area contributed by atoms with Gasteiger partial charge in [-0.3, -0.25) is 4.79 Å². The molecule has 1 N–H and O–H groups in total. The molecular weight excluding hydrogens is 390 g/mol. The number of rotatable bonds is 7. The maximum atomic E-state index is 12.8. The Morgan fingerprint density at radius 1 is 0.967 bits per heavy atom. The number of benzene rings is 2. The Morgan fingerprint density at radius 2 is 1.77 bits per heavy atom. The zero-order valence-corrected chi connectivity index (χ0v) is 18.6. The first-order valence-electron chi connectivity index (χ1n) is 11.4. The maximum absolute atomic E-state index is 12.8. The topological polar surface area (TPSA) is 35.6 Å². The SMILES string of the molecule is O=C(NCCCN1CCCCCC1)c1ccc2c(c1)N(Cc1ccccc1)CCS2. The highest BCUT2D eigenvalue weighted by Crippen LogP contribution is 2.36. The van der Waals surface area contributed by atoms with Crippen molar-refractivity contribution in [3.8, 4) is 0 Å². The zero-order valence-electron chi connectivity index (χ0n) is 17.8. The summed E-state index contributed by atoms with van der Waals surface area (Å²) >= 11 is 1.88. The molecule has 2 aliphatic heterocycles. The third-order valence-corrected chi connectivity index (χ3v) is 7.08. The van der Waals surface area contributed by atoms with Gasteiger partial charge in [-0.25, -0.2) is 0 Å². The number of carbonyl (C=O) groups excluding carboxylic acids is 1. The van der Waals surface area contributed by atoms with Gasteiger partial charge in [0.05, 0.1) is 5.69 Å². The lowest BCUT2D eigenvalue weighted by molar-refractivity contribution is 0.0951. The van der Waals surface area contributed by atoms with E-state index in [1.54, 1.807) is 0 Å². The van der Waals surface area contributed by atoms with Crippen molar-refractivity contribution in [1.29, 1.82) is 0 Å². The molecule has 5 heteroatoms. The Labute approximate surface area is 185 Å². The van der Waals surface area contributed by atoms with E-state index in [9.17, 15) is 4.79 Å². The van der Waals surface area contributed by atoms with Crippen molar-refractivity contribution < 1.29 is 4.79 Å². The number of fused-ring (bicyclic) bond motifs is 1. The molecule has 2 aliphatic rings. The highest BCUT2D eigenvalue weighted by Gasteiger charge is 2.19. The number of amides is 1. The number of carbonyl (C=O) groups is 1. The molecule has 4 rings (SSSR count). The van der Waals surface area contributed by atoms with Crippen LogP contribution in [0.3, 0.4) is 0 Å². The molecule has 2 heterocycles. The predicted molar refractivity (Wildman–Crippen MR) is 127 cm³/mol. The highest BCUT2D eigenvalue weighted by atomic mass is 32.2. The first-order chi connectivity index (χ1) is 14.8. The molecule has 0 aromatic heterocycles. The molecule has 160 valence electrons. The molecule has 2 aromatic carbocycles. The summed E-state index contributed by atoms with van der Waals surface area (Å²) in [5, 5.41) is 3.13. The smallest absolute Gasteiger partial charge is 0.251 e. The number of hydrogen-bond acceptors (Lipinski definition) is 4. The Balaban J connectivity index is 1.33. The molecule has 0 saturated carbocycles. The number of anilines is 1. The number of hydrogen-bond donors (Lipinski definition) is 1. The number of nitrogens with zero attached hydrogens (tertiary/aromatic N) is 2. The van der Waals surface area contributed by atoms with E-state index in [4.69, 9.17) is 0 Å². The van der Waals surface area contributed by atoms with E-state index >= 15 is 0 Å². The van der Waals surface area contributed by atoms with Gasteiger partial charge in [0.2, 0.25) is 0 Å². The average molecular weight is 424 g/mol. The summed E-state index contributed by atoms with van der Waals surface area (Å²) < 4.78 is 0. The predicted octanol–water partition coefficient (Wildman–Crippen LogP) is 4.79. The van der Waals surface area contributed by atoms with Gasteiger partial charge < -0.3 is 15.1 Å². The van der Waals surface area contributed by atoms with E-state index in [0.29, 0.717) is 0 Å². The highest BCUT2D eigenvalue weighted by molar-refractivity contribution is 7.99. The second-order valence-corrected chi connectivity index (χ2v) is 9.44. The molecule has 4 nitrogen and oxygen atoms in total. The molecular formula is C25H33N3OS. The van der Waals surface area contributed by atoms with Crippen molar-refractivity contribution in [2.24, 2.45) is 0 Å². The number of likely N-dealkylation sites (tertiary alicyclic amines) is 1. The van der Waals surface area contributed by atoms with Crippen LogP contribution in [0.1, 0.15) is 48.0 Å². The van der Waals surface area contributed by atoms with Gasteiger partial charge >= 0.3 is 0 Å². The van der Waals surface area contributed by atoms with Crippen LogP contribution >= 0.6 is 11.8 Å². The van der Waals surface area contributed by atoms with Crippen molar-refractivity contribution in [1.82, 2.24) is 10.2 Å². The molecule has 30 heavy (non-hydrogen) atoms. The summed E-state index contributed by atoms with van der Waals surface area (Å²) in [5.74, 6) is 1.13. The van der Waals surface area contributed by atoms with E-state index in [-0.39, 0.29) is 5.91 Å². The minimum atomic E-state index is 0.0453. The summed E-state index contributed by atoms with van der Waals surface area (Å²) in [4.78, 5) is 19.0. The Bertz CT molecular complexity index is 818. The van der Waals surface area contributed by atoms with Crippen LogP contribution in [0.5, 0.6) is 0 Å². The van der Waals surface area contributed by atoms with Crippen LogP contribution in [0.25, 0.3) is 0 Å². The summed E-state index contributed by atoms with van der Waals surface area (Å²) in [6.07, 6.45) is 6.39. The average Bonchev–Trinajstić information content (AvgIpc) is 3.06. The van der Waals surface area contributed by atoms with Crippen LogP contribution in [0.15, 0.2) is 53.4 Å². The second kappa shape index (κ2) is 10.9. The summed E-state index contributed by atoms with van der Waals surface area (Å²) in [7, 11) is 0. The van der Waals surface area contributed by atoms with Gasteiger partial charge in [0, 0.05) is 35.8 Å². The summed E-state index contributed by atoms with van der Waals surface area (Å²) in [6, 6.07) is 16.7. The zero-order chi connectivity index (χ0) is 20.6. The molecule has 1 saturated heterocycles.